The molecule has 1 aromatic heterocycles. The summed E-state index contributed by atoms with van der Waals surface area (Å²) in [6, 6.07) is 6.31. The van der Waals surface area contributed by atoms with Crippen molar-refractivity contribution in [3.63, 3.8) is 0 Å². The zero-order chi connectivity index (χ0) is 15.0. The van der Waals surface area contributed by atoms with Crippen molar-refractivity contribution in [2.75, 3.05) is 7.11 Å². The Balaban J connectivity index is 2.17. The van der Waals surface area contributed by atoms with Crippen molar-refractivity contribution in [1.29, 1.82) is 0 Å². The van der Waals surface area contributed by atoms with Gasteiger partial charge in [0.2, 0.25) is 0 Å². The Hall–Kier alpha value is -1.55. The molecule has 4 nitrogen and oxygen atoms in total. The molecule has 0 bridgehead atoms. The first-order valence-electron chi connectivity index (χ1n) is 7.90. The number of aromatic nitrogens is 2. The van der Waals surface area contributed by atoms with Crippen LogP contribution in [0.3, 0.4) is 0 Å². The van der Waals surface area contributed by atoms with E-state index in [1.165, 1.54) is 18.4 Å². The lowest BCUT2D eigenvalue weighted by Gasteiger charge is -2.39. The smallest absolute Gasteiger partial charge is 0.121 e. The lowest BCUT2D eigenvalue weighted by molar-refractivity contribution is 0.252. The molecule has 0 spiro atoms. The minimum atomic E-state index is -0.0273. The van der Waals surface area contributed by atoms with E-state index in [0.29, 0.717) is 0 Å². The van der Waals surface area contributed by atoms with Crippen molar-refractivity contribution in [1.82, 2.24) is 9.55 Å². The Morgan fingerprint density at radius 1 is 1.43 bits per heavy atom. The van der Waals surface area contributed by atoms with E-state index in [0.717, 1.165) is 36.5 Å². The summed E-state index contributed by atoms with van der Waals surface area (Å²) in [5, 5.41) is 0. The molecule has 4 heteroatoms. The van der Waals surface area contributed by atoms with Gasteiger partial charge >= 0.3 is 0 Å². The van der Waals surface area contributed by atoms with Crippen LogP contribution in [0.15, 0.2) is 18.2 Å². The van der Waals surface area contributed by atoms with Crippen LogP contribution in [0.25, 0.3) is 11.0 Å². The molecule has 0 amide bonds. The van der Waals surface area contributed by atoms with Gasteiger partial charge in [0.25, 0.3) is 0 Å². The molecule has 1 aliphatic rings. The first kappa shape index (κ1) is 14.4. The Morgan fingerprint density at radius 3 is 2.90 bits per heavy atom. The highest BCUT2D eigenvalue weighted by molar-refractivity contribution is 5.78. The molecule has 2 N–H and O–H groups in total. The summed E-state index contributed by atoms with van der Waals surface area (Å²) < 4.78 is 7.64. The Bertz CT molecular complexity index is 649. The Morgan fingerprint density at radius 2 is 2.24 bits per heavy atom. The summed E-state index contributed by atoms with van der Waals surface area (Å²) in [6.07, 6.45) is 4.68. The van der Waals surface area contributed by atoms with E-state index in [9.17, 15) is 0 Å². The second-order valence-electron chi connectivity index (χ2n) is 6.30. The van der Waals surface area contributed by atoms with Crippen LogP contribution < -0.4 is 10.5 Å². The highest BCUT2D eigenvalue weighted by Crippen LogP contribution is 2.39. The summed E-state index contributed by atoms with van der Waals surface area (Å²) in [5.74, 6) is 1.99. The molecule has 1 heterocycles. The minimum absolute atomic E-state index is 0.0273. The summed E-state index contributed by atoms with van der Waals surface area (Å²) in [4.78, 5) is 4.94. The highest BCUT2D eigenvalue weighted by Gasteiger charge is 2.39. The van der Waals surface area contributed by atoms with Gasteiger partial charge in [-0.3, -0.25) is 0 Å². The molecule has 114 valence electrons. The third-order valence-corrected chi connectivity index (χ3v) is 5.06. The minimum Gasteiger partial charge on any atom is -0.497 e. The standard InChI is InChI=1S/C17H25N3O/c1-4-20-14-9-8-12(21-3)11-13(14)19-16(20)17(2)10-6-5-7-15(17)18/h8-9,11,15H,4-7,10,18H2,1-3H3. The predicted octanol–water partition coefficient (Wildman–Crippen LogP) is 3.22. The molecule has 21 heavy (non-hydrogen) atoms. The summed E-state index contributed by atoms with van der Waals surface area (Å²) in [7, 11) is 1.69. The maximum absolute atomic E-state index is 6.47. The maximum Gasteiger partial charge on any atom is 0.121 e. The molecule has 1 aliphatic carbocycles. The van der Waals surface area contributed by atoms with Gasteiger partial charge in [-0.2, -0.15) is 0 Å². The summed E-state index contributed by atoms with van der Waals surface area (Å²) in [5.41, 5.74) is 8.62. The van der Waals surface area contributed by atoms with Crippen molar-refractivity contribution in [3.05, 3.63) is 24.0 Å². The fourth-order valence-corrected chi connectivity index (χ4v) is 3.63. The molecule has 0 aliphatic heterocycles. The van der Waals surface area contributed by atoms with Crippen LogP contribution in [0.4, 0.5) is 0 Å². The van der Waals surface area contributed by atoms with E-state index in [1.54, 1.807) is 7.11 Å². The summed E-state index contributed by atoms with van der Waals surface area (Å²) >= 11 is 0. The SMILES string of the molecule is CCn1c(C2(C)CCCCC2N)nc2cc(OC)ccc21. The molecule has 1 aromatic carbocycles. The van der Waals surface area contributed by atoms with Gasteiger partial charge in [-0.1, -0.05) is 19.8 Å². The van der Waals surface area contributed by atoms with Gasteiger partial charge in [0.1, 0.15) is 11.6 Å². The topological polar surface area (TPSA) is 53.1 Å². The van der Waals surface area contributed by atoms with Gasteiger partial charge in [-0.15, -0.1) is 0 Å². The van der Waals surface area contributed by atoms with Crippen molar-refractivity contribution >= 4 is 11.0 Å². The third-order valence-electron chi connectivity index (χ3n) is 5.06. The van der Waals surface area contributed by atoms with Gasteiger partial charge in [0, 0.05) is 24.1 Å². The number of imidazole rings is 1. The average molecular weight is 287 g/mol. The van der Waals surface area contributed by atoms with E-state index in [2.05, 4.69) is 24.5 Å². The lowest BCUT2D eigenvalue weighted by Crippen LogP contribution is -2.47. The number of fused-ring (bicyclic) bond motifs is 1. The molecule has 2 aromatic rings. The Labute approximate surface area is 126 Å². The molecule has 0 saturated heterocycles. The normalized spacial score (nSPS) is 26.2. The number of benzene rings is 1. The van der Waals surface area contributed by atoms with Crippen LogP contribution in [0.5, 0.6) is 5.75 Å². The van der Waals surface area contributed by atoms with Gasteiger partial charge in [0.05, 0.1) is 18.1 Å². The van der Waals surface area contributed by atoms with Gasteiger partial charge in [0.15, 0.2) is 0 Å². The molecular weight excluding hydrogens is 262 g/mol. The first-order valence-corrected chi connectivity index (χ1v) is 7.90. The number of hydrogen-bond donors (Lipinski definition) is 1. The number of nitrogens with zero attached hydrogens (tertiary/aromatic N) is 2. The van der Waals surface area contributed by atoms with E-state index in [4.69, 9.17) is 15.5 Å². The monoisotopic (exact) mass is 287 g/mol. The quantitative estimate of drug-likeness (QED) is 0.943. The number of hydrogen-bond acceptors (Lipinski definition) is 3. The molecule has 1 saturated carbocycles. The number of aryl methyl sites for hydroxylation is 1. The third kappa shape index (κ3) is 2.22. The molecule has 2 atom stereocenters. The van der Waals surface area contributed by atoms with E-state index in [-0.39, 0.29) is 11.5 Å². The van der Waals surface area contributed by atoms with E-state index >= 15 is 0 Å². The highest BCUT2D eigenvalue weighted by atomic mass is 16.5. The molecule has 3 rings (SSSR count). The van der Waals surface area contributed by atoms with Crippen molar-refractivity contribution in [3.8, 4) is 5.75 Å². The van der Waals surface area contributed by atoms with Crippen LogP contribution in [-0.4, -0.2) is 22.7 Å². The molecule has 2 unspecified atom stereocenters. The molecule has 0 radical (unpaired) electrons. The predicted molar refractivity (Wildman–Crippen MR) is 85.8 cm³/mol. The van der Waals surface area contributed by atoms with E-state index < -0.39 is 0 Å². The van der Waals surface area contributed by atoms with Crippen LogP contribution in [0, 0.1) is 0 Å². The molecule has 1 fully saturated rings. The van der Waals surface area contributed by atoms with Crippen LogP contribution in [0.2, 0.25) is 0 Å². The van der Waals surface area contributed by atoms with Gasteiger partial charge in [-0.05, 0) is 31.9 Å². The number of methoxy groups -OCH3 is 1. The van der Waals surface area contributed by atoms with Crippen molar-refractivity contribution in [2.45, 2.75) is 57.5 Å². The molecular formula is C17H25N3O. The van der Waals surface area contributed by atoms with Crippen LogP contribution >= 0.6 is 0 Å². The van der Waals surface area contributed by atoms with Crippen molar-refractivity contribution in [2.24, 2.45) is 5.73 Å². The van der Waals surface area contributed by atoms with Gasteiger partial charge in [-0.25, -0.2) is 4.98 Å². The van der Waals surface area contributed by atoms with E-state index in [1.807, 2.05) is 12.1 Å². The van der Waals surface area contributed by atoms with Crippen LogP contribution in [-0.2, 0) is 12.0 Å². The second-order valence-corrected chi connectivity index (χ2v) is 6.30. The number of nitrogens with two attached hydrogens (primary N) is 1. The second kappa shape index (κ2) is 5.34. The van der Waals surface area contributed by atoms with Crippen LogP contribution in [0.1, 0.15) is 45.4 Å². The summed E-state index contributed by atoms with van der Waals surface area (Å²) in [6.45, 7) is 5.37. The number of rotatable bonds is 3. The zero-order valence-corrected chi connectivity index (χ0v) is 13.2. The average Bonchev–Trinajstić information content (AvgIpc) is 2.88. The largest absolute Gasteiger partial charge is 0.497 e. The fraction of sp³-hybridized carbons (Fsp3) is 0.588. The zero-order valence-electron chi connectivity index (χ0n) is 13.2. The first-order chi connectivity index (χ1) is 10.1. The lowest BCUT2D eigenvalue weighted by atomic mass is 9.71. The van der Waals surface area contributed by atoms with Crippen molar-refractivity contribution < 1.29 is 4.74 Å². The number of ether oxygens (including phenoxy) is 1. The fourth-order valence-electron chi connectivity index (χ4n) is 3.63. The van der Waals surface area contributed by atoms with Gasteiger partial charge < -0.3 is 15.0 Å². The Kier molecular flexibility index (Phi) is 3.66. The maximum atomic E-state index is 6.47.